The third kappa shape index (κ3) is 13.0. The molecule has 0 saturated heterocycles. The molecule has 12 rings (SSSR count). The van der Waals surface area contributed by atoms with E-state index in [1.54, 1.807) is 29.8 Å². The van der Waals surface area contributed by atoms with Crippen molar-refractivity contribution in [3.63, 3.8) is 0 Å². The second kappa shape index (κ2) is 26.5. The van der Waals surface area contributed by atoms with Crippen LogP contribution in [-0.4, -0.2) is 136 Å². The molecular formula is C66H74N10O5S2. The maximum Gasteiger partial charge on any atom is 0.256 e. The van der Waals surface area contributed by atoms with Crippen LogP contribution < -0.4 is 15.4 Å². The SMILES string of the molecule is CCN(CC)CCN1CCCc2[nH]c(/C=C3\C(=O)Nc4ccc(-c5csc(-c6ccccc6)n5)cc43)c(C)c2C1=O.CCN(CC)CCN1CCCc2[nH]c(OC)c(C)c2C1=O.O=C1Cc2cc(-c3csc(-c4ccccc4)n3)ccc2N1. The molecule has 0 aliphatic carbocycles. The molecule has 4 aliphatic rings. The zero-order chi connectivity index (χ0) is 58.1. The van der Waals surface area contributed by atoms with E-state index >= 15 is 0 Å². The Hall–Kier alpha value is -7.96. The number of nitrogens with zero attached hydrogens (tertiary/aromatic N) is 6. The second-order valence-corrected chi connectivity index (χ2v) is 22.9. The Balaban J connectivity index is 0.000000154. The molecule has 0 fully saturated rings. The number of hydrogen-bond donors (Lipinski definition) is 4. The number of methoxy groups -OCH3 is 1. The summed E-state index contributed by atoms with van der Waals surface area (Å²) in [4.78, 5) is 76.0. The number of nitrogens with one attached hydrogen (secondary N) is 4. The number of thiazole rings is 2. The molecule has 8 heterocycles. The molecule has 83 heavy (non-hydrogen) atoms. The Labute approximate surface area is 494 Å². The number of carbonyl (C=O) groups excluding carboxylic acids is 4. The molecule has 4 aliphatic heterocycles. The molecule has 0 radical (unpaired) electrons. The van der Waals surface area contributed by atoms with Crippen LogP contribution in [0.2, 0.25) is 0 Å². The van der Waals surface area contributed by atoms with Crippen molar-refractivity contribution >= 4 is 69.3 Å². The van der Waals surface area contributed by atoms with Gasteiger partial charge in [0.2, 0.25) is 5.91 Å². The minimum atomic E-state index is -0.142. The third-order valence-electron chi connectivity index (χ3n) is 16.2. The molecule has 0 saturated carbocycles. The van der Waals surface area contributed by atoms with Gasteiger partial charge in [0.25, 0.3) is 17.7 Å². The van der Waals surface area contributed by atoms with Gasteiger partial charge in [0.1, 0.15) is 10.0 Å². The Bertz CT molecular complexity index is 3650. The van der Waals surface area contributed by atoms with Crippen LogP contribution in [0.15, 0.2) is 108 Å². The van der Waals surface area contributed by atoms with Crippen LogP contribution >= 0.6 is 22.7 Å². The lowest BCUT2D eigenvalue weighted by Gasteiger charge is -2.25. The highest BCUT2D eigenvalue weighted by Gasteiger charge is 2.31. The topological polar surface area (TPSA) is 172 Å². The lowest BCUT2D eigenvalue weighted by atomic mass is 10.0. The van der Waals surface area contributed by atoms with Crippen molar-refractivity contribution in [3.05, 3.63) is 158 Å². The minimum Gasteiger partial charge on any atom is -0.482 e. The normalized spacial score (nSPS) is 15.0. The summed E-state index contributed by atoms with van der Waals surface area (Å²) in [5, 5.41) is 12.0. The molecule has 0 bridgehead atoms. The number of aromatic nitrogens is 4. The fraction of sp³-hybridized carbons (Fsp3) is 0.333. The van der Waals surface area contributed by atoms with Gasteiger partial charge in [-0.1, -0.05) is 100 Å². The van der Waals surface area contributed by atoms with E-state index in [1.165, 1.54) is 0 Å². The van der Waals surface area contributed by atoms with Gasteiger partial charge in [0.05, 0.1) is 41.6 Å². The van der Waals surface area contributed by atoms with Crippen molar-refractivity contribution in [2.75, 3.05) is 83.2 Å². The number of rotatable bonds is 16. The molecule has 0 atom stereocenters. The first-order valence-electron chi connectivity index (χ1n) is 29.0. The summed E-state index contributed by atoms with van der Waals surface area (Å²) < 4.78 is 5.32. The largest absolute Gasteiger partial charge is 0.482 e. The lowest BCUT2D eigenvalue weighted by molar-refractivity contribution is -0.115. The van der Waals surface area contributed by atoms with Crippen LogP contribution in [0.3, 0.4) is 0 Å². The van der Waals surface area contributed by atoms with Crippen LogP contribution in [0.5, 0.6) is 5.88 Å². The van der Waals surface area contributed by atoms with E-state index in [0.717, 1.165) is 203 Å². The number of hydrogen-bond acceptors (Lipinski definition) is 11. The summed E-state index contributed by atoms with van der Waals surface area (Å²) in [6.07, 6.45) is 6.00. The molecule has 4 N–H and O–H groups in total. The first-order valence-corrected chi connectivity index (χ1v) is 30.8. The molecule has 17 heteroatoms. The van der Waals surface area contributed by atoms with Gasteiger partial charge >= 0.3 is 0 Å². The predicted octanol–water partition coefficient (Wildman–Crippen LogP) is 12.4. The van der Waals surface area contributed by atoms with E-state index in [4.69, 9.17) is 14.7 Å². The van der Waals surface area contributed by atoms with E-state index in [0.29, 0.717) is 12.0 Å². The van der Waals surface area contributed by atoms with Gasteiger partial charge in [-0.2, -0.15) is 0 Å². The molecule has 0 spiro atoms. The number of fused-ring (bicyclic) bond motifs is 4. The highest BCUT2D eigenvalue weighted by molar-refractivity contribution is 7.13. The van der Waals surface area contributed by atoms with Crippen LogP contribution in [0, 0.1) is 13.8 Å². The van der Waals surface area contributed by atoms with Gasteiger partial charge in [-0.3, -0.25) is 19.2 Å². The zero-order valence-electron chi connectivity index (χ0n) is 48.6. The Morgan fingerprint density at radius 3 is 1.67 bits per heavy atom. The van der Waals surface area contributed by atoms with Crippen molar-refractivity contribution in [2.45, 2.75) is 73.6 Å². The van der Waals surface area contributed by atoms with E-state index in [9.17, 15) is 19.2 Å². The molecule has 8 aromatic rings. The van der Waals surface area contributed by atoms with Crippen LogP contribution in [-0.2, 0) is 28.9 Å². The predicted molar refractivity (Wildman–Crippen MR) is 336 cm³/mol. The zero-order valence-corrected chi connectivity index (χ0v) is 50.3. The summed E-state index contributed by atoms with van der Waals surface area (Å²) in [7, 11) is 1.64. The first-order chi connectivity index (χ1) is 40.4. The number of amides is 4. The number of aromatic amines is 2. The highest BCUT2D eigenvalue weighted by atomic mass is 32.1. The maximum absolute atomic E-state index is 13.6. The van der Waals surface area contributed by atoms with Gasteiger partial charge in [-0.05, 0) is 107 Å². The van der Waals surface area contributed by atoms with E-state index in [1.807, 2.05) is 96.5 Å². The maximum atomic E-state index is 13.6. The second-order valence-electron chi connectivity index (χ2n) is 21.2. The first kappa shape index (κ1) is 58.2. The average Bonchev–Trinajstić information content (AvgIpc) is 4.58. The van der Waals surface area contributed by atoms with Gasteiger partial charge in [0, 0.05) is 112 Å². The summed E-state index contributed by atoms with van der Waals surface area (Å²) in [5.41, 5.74) is 16.5. The Morgan fingerprint density at radius 1 is 0.614 bits per heavy atom. The number of carbonyl (C=O) groups is 4. The van der Waals surface area contributed by atoms with Gasteiger partial charge < -0.3 is 44.9 Å². The van der Waals surface area contributed by atoms with Crippen LogP contribution in [0.25, 0.3) is 55.3 Å². The van der Waals surface area contributed by atoms with E-state index in [2.05, 4.69) is 99.2 Å². The number of likely N-dealkylation sites (N-methyl/N-ethyl adjacent to an activating group) is 2. The molecule has 0 unspecified atom stereocenters. The average molecular weight is 1150 g/mol. The van der Waals surface area contributed by atoms with E-state index in [-0.39, 0.29) is 23.6 Å². The fourth-order valence-corrected chi connectivity index (χ4v) is 13.0. The van der Waals surface area contributed by atoms with Crippen molar-refractivity contribution < 1.29 is 23.9 Å². The van der Waals surface area contributed by atoms with Gasteiger partial charge in [-0.15, -0.1) is 22.7 Å². The lowest BCUT2D eigenvalue weighted by Crippen LogP contribution is -2.38. The molecule has 4 aromatic heterocycles. The molecule has 4 amide bonds. The summed E-state index contributed by atoms with van der Waals surface area (Å²) in [6, 6.07) is 32.3. The minimum absolute atomic E-state index is 0.0606. The smallest absolute Gasteiger partial charge is 0.256 e. The van der Waals surface area contributed by atoms with E-state index < -0.39 is 0 Å². The highest BCUT2D eigenvalue weighted by Crippen LogP contribution is 2.39. The van der Waals surface area contributed by atoms with Crippen molar-refractivity contribution in [2.24, 2.45) is 0 Å². The molecule has 15 nitrogen and oxygen atoms in total. The Morgan fingerprint density at radius 2 is 1.13 bits per heavy atom. The summed E-state index contributed by atoms with van der Waals surface area (Å²) in [5.74, 6) is 0.868. The number of aryl methyl sites for hydroxylation is 2. The molecule has 4 aromatic carbocycles. The quantitative estimate of drug-likeness (QED) is 0.0687. The van der Waals surface area contributed by atoms with Gasteiger partial charge in [-0.25, -0.2) is 9.97 Å². The summed E-state index contributed by atoms with van der Waals surface area (Å²) >= 11 is 3.25. The van der Waals surface area contributed by atoms with Crippen LogP contribution in [0.1, 0.15) is 101 Å². The van der Waals surface area contributed by atoms with Crippen molar-refractivity contribution in [3.8, 4) is 49.5 Å². The number of ether oxygens (including phenoxy) is 1. The number of benzene rings is 4. The molecular weight excluding hydrogens is 1080 g/mol. The number of H-pyrrole nitrogens is 2. The summed E-state index contributed by atoms with van der Waals surface area (Å²) in [6.45, 7) is 21.5. The van der Waals surface area contributed by atoms with Crippen molar-refractivity contribution in [1.82, 2.24) is 39.5 Å². The fourth-order valence-electron chi connectivity index (χ4n) is 11.3. The third-order valence-corrected chi connectivity index (χ3v) is 18.0. The van der Waals surface area contributed by atoms with Crippen molar-refractivity contribution in [1.29, 1.82) is 0 Å². The molecule has 430 valence electrons. The standard InChI is InChI=1S/C33H35N5O2S.C17H12N2OS.C16H27N3O2/c1-4-37(5-2)16-17-38-15-9-12-27-30(33(38)40)21(3)28(34-27)19-25-24-18-23(13-14-26(24)35-31(25)39)29-20-41-32(36-29)22-10-7-6-8-11-22;20-16-9-13-8-12(6-7-14(13)18-16)15-10-21-17(19-15)11-4-2-1-3-5-11;1-5-18(6-2)10-11-19-9-7-8-13-14(16(19)20)12(3)15(17-13)21-4/h6-8,10-11,13-14,18-20,34H,4-5,9,12,15-17H2,1-3H3,(H,35,39);1-8,10H,9H2,(H,18,20);17H,5-11H2,1-4H3/b25-19-;;. The number of anilines is 2. The monoisotopic (exact) mass is 1150 g/mol. The Kier molecular flexibility index (Phi) is 18.6. The van der Waals surface area contributed by atoms with Gasteiger partial charge in [0.15, 0.2) is 5.88 Å². The van der Waals surface area contributed by atoms with Crippen LogP contribution in [0.4, 0.5) is 11.4 Å².